The topological polar surface area (TPSA) is 92.3 Å². The van der Waals surface area contributed by atoms with Crippen LogP contribution in [0.2, 0.25) is 5.02 Å². The monoisotopic (exact) mass is 450 g/mol. The minimum Gasteiger partial charge on any atom is -0.298 e. The molecule has 0 aliphatic heterocycles. The summed E-state index contributed by atoms with van der Waals surface area (Å²) < 4.78 is 26.8. The van der Waals surface area contributed by atoms with Crippen molar-refractivity contribution in [2.75, 3.05) is 18.4 Å². The van der Waals surface area contributed by atoms with E-state index in [1.807, 2.05) is 17.5 Å². The van der Waals surface area contributed by atoms with Gasteiger partial charge in [0.1, 0.15) is 0 Å². The van der Waals surface area contributed by atoms with Gasteiger partial charge in [0.25, 0.3) is 5.91 Å². The first-order valence-electron chi connectivity index (χ1n) is 8.83. The number of benzene rings is 1. The predicted molar refractivity (Wildman–Crippen MR) is 115 cm³/mol. The minimum absolute atomic E-state index is 0.0207. The lowest BCUT2D eigenvalue weighted by atomic mass is 10.2. The largest absolute Gasteiger partial charge is 0.298 e. The zero-order valence-electron chi connectivity index (χ0n) is 15.8. The zero-order chi connectivity index (χ0) is 21.0. The molecule has 0 atom stereocenters. The molecule has 0 fully saturated rings. The molecule has 1 N–H and O–H groups in total. The predicted octanol–water partition coefficient (Wildman–Crippen LogP) is 4.14. The number of hydrogen-bond donors (Lipinski definition) is 1. The molecule has 0 aliphatic rings. The van der Waals surface area contributed by atoms with Crippen LogP contribution < -0.4 is 5.32 Å². The normalized spacial score (nSPS) is 11.6. The summed E-state index contributed by atoms with van der Waals surface area (Å²) in [4.78, 5) is 21.1. The summed E-state index contributed by atoms with van der Waals surface area (Å²) in [6.45, 7) is 4.18. The maximum atomic E-state index is 12.7. The van der Waals surface area contributed by atoms with E-state index in [0.717, 1.165) is 5.56 Å². The molecule has 0 spiro atoms. The summed E-state index contributed by atoms with van der Waals surface area (Å²) in [5, 5.41) is 5.04. The van der Waals surface area contributed by atoms with Gasteiger partial charge in [-0.05, 0) is 30.3 Å². The highest BCUT2D eigenvalue weighted by Crippen LogP contribution is 2.27. The lowest BCUT2D eigenvalue weighted by molar-refractivity contribution is 0.102. The smallest absolute Gasteiger partial charge is 0.259 e. The lowest BCUT2D eigenvalue weighted by Crippen LogP contribution is -2.30. The molecule has 3 aromatic rings. The van der Waals surface area contributed by atoms with Crippen molar-refractivity contribution in [3.8, 4) is 11.3 Å². The first-order chi connectivity index (χ1) is 13.9. The van der Waals surface area contributed by atoms with Gasteiger partial charge in [0.15, 0.2) is 5.13 Å². The van der Waals surface area contributed by atoms with Crippen molar-refractivity contribution in [1.82, 2.24) is 14.3 Å². The number of pyridine rings is 1. The molecule has 0 saturated heterocycles. The molecule has 0 unspecified atom stereocenters. The van der Waals surface area contributed by atoms with Gasteiger partial charge in [-0.3, -0.25) is 15.1 Å². The summed E-state index contributed by atoms with van der Waals surface area (Å²) >= 11 is 7.42. The molecule has 152 valence electrons. The van der Waals surface area contributed by atoms with Crippen LogP contribution >= 0.6 is 22.9 Å². The number of carbonyl (C=O) groups is 1. The molecule has 7 nitrogen and oxygen atoms in total. The highest BCUT2D eigenvalue weighted by molar-refractivity contribution is 7.89. The molecule has 0 bridgehead atoms. The van der Waals surface area contributed by atoms with Gasteiger partial charge in [-0.25, -0.2) is 13.4 Å². The first kappa shape index (κ1) is 21.4. The van der Waals surface area contributed by atoms with Crippen LogP contribution in [0.3, 0.4) is 0 Å². The van der Waals surface area contributed by atoms with Gasteiger partial charge in [-0.15, -0.1) is 11.3 Å². The van der Waals surface area contributed by atoms with E-state index in [2.05, 4.69) is 15.3 Å². The molecule has 0 aliphatic carbocycles. The number of sulfonamides is 1. The SMILES string of the molecule is CCN(CC)S(=O)(=O)c1ccc(Cl)c(C(=O)Nc2nc(-c3ccncc3)cs2)c1. The van der Waals surface area contributed by atoms with E-state index < -0.39 is 15.9 Å². The van der Waals surface area contributed by atoms with Crippen LogP contribution in [-0.4, -0.2) is 41.7 Å². The van der Waals surface area contributed by atoms with Crippen LogP contribution in [0.15, 0.2) is 53.0 Å². The van der Waals surface area contributed by atoms with E-state index in [1.165, 1.54) is 33.8 Å². The second-order valence-electron chi connectivity index (χ2n) is 5.96. The number of halogens is 1. The van der Waals surface area contributed by atoms with E-state index in [0.29, 0.717) is 23.9 Å². The second-order valence-corrected chi connectivity index (χ2v) is 9.16. The van der Waals surface area contributed by atoms with Gasteiger partial charge in [0, 0.05) is 36.4 Å². The number of aromatic nitrogens is 2. The summed E-state index contributed by atoms with van der Waals surface area (Å²) in [7, 11) is -3.70. The summed E-state index contributed by atoms with van der Waals surface area (Å²) in [5.41, 5.74) is 1.65. The van der Waals surface area contributed by atoms with E-state index in [1.54, 1.807) is 26.2 Å². The van der Waals surface area contributed by atoms with Crippen LogP contribution in [0.5, 0.6) is 0 Å². The van der Waals surface area contributed by atoms with Crippen molar-refractivity contribution in [3.63, 3.8) is 0 Å². The van der Waals surface area contributed by atoms with E-state index >= 15 is 0 Å². The average molecular weight is 451 g/mol. The first-order valence-corrected chi connectivity index (χ1v) is 11.5. The Bertz CT molecular complexity index is 1110. The minimum atomic E-state index is -3.70. The number of amides is 1. The van der Waals surface area contributed by atoms with Crippen molar-refractivity contribution in [2.24, 2.45) is 0 Å². The third kappa shape index (κ3) is 4.64. The van der Waals surface area contributed by atoms with Crippen LogP contribution in [0, 0.1) is 0 Å². The number of nitrogens with zero attached hydrogens (tertiary/aromatic N) is 3. The number of thiazole rings is 1. The third-order valence-corrected chi connectivity index (χ3v) is 7.36. The van der Waals surface area contributed by atoms with Crippen molar-refractivity contribution in [3.05, 3.63) is 58.7 Å². The third-order valence-electron chi connectivity index (χ3n) is 4.23. The molecule has 29 heavy (non-hydrogen) atoms. The Kier molecular flexibility index (Phi) is 6.63. The Morgan fingerprint density at radius 2 is 1.86 bits per heavy atom. The molecule has 1 amide bonds. The number of carbonyl (C=O) groups excluding carboxylic acids is 1. The summed E-state index contributed by atoms with van der Waals surface area (Å²) in [6.07, 6.45) is 3.32. The maximum absolute atomic E-state index is 12.7. The highest BCUT2D eigenvalue weighted by Gasteiger charge is 2.24. The Morgan fingerprint density at radius 1 is 1.17 bits per heavy atom. The Hall–Kier alpha value is -2.33. The van der Waals surface area contributed by atoms with E-state index in [9.17, 15) is 13.2 Å². The van der Waals surface area contributed by atoms with Crippen molar-refractivity contribution in [2.45, 2.75) is 18.7 Å². The molecule has 2 aromatic heterocycles. The van der Waals surface area contributed by atoms with Crippen LogP contribution in [0.25, 0.3) is 11.3 Å². The van der Waals surface area contributed by atoms with Gasteiger partial charge in [-0.1, -0.05) is 25.4 Å². The fourth-order valence-corrected chi connectivity index (χ4v) is 5.11. The Balaban J connectivity index is 1.86. The zero-order valence-corrected chi connectivity index (χ0v) is 18.2. The summed E-state index contributed by atoms with van der Waals surface area (Å²) in [5.74, 6) is -0.526. The van der Waals surface area contributed by atoms with Crippen LogP contribution in [0.1, 0.15) is 24.2 Å². The quantitative estimate of drug-likeness (QED) is 0.584. The maximum Gasteiger partial charge on any atom is 0.259 e. The molecular formula is C19H19ClN4O3S2. The highest BCUT2D eigenvalue weighted by atomic mass is 35.5. The molecule has 1 aromatic carbocycles. The number of rotatable bonds is 7. The number of nitrogens with one attached hydrogen (secondary N) is 1. The fraction of sp³-hybridized carbons (Fsp3) is 0.211. The van der Waals surface area contributed by atoms with Gasteiger partial charge in [-0.2, -0.15) is 4.31 Å². The molecule has 3 rings (SSSR count). The summed E-state index contributed by atoms with van der Waals surface area (Å²) in [6, 6.07) is 7.75. The number of anilines is 1. The van der Waals surface area contributed by atoms with Gasteiger partial charge >= 0.3 is 0 Å². The van der Waals surface area contributed by atoms with Crippen LogP contribution in [-0.2, 0) is 10.0 Å². The lowest BCUT2D eigenvalue weighted by Gasteiger charge is -2.19. The van der Waals surface area contributed by atoms with Gasteiger partial charge in [0.05, 0.1) is 21.2 Å². The Labute approximate surface area is 178 Å². The van der Waals surface area contributed by atoms with Crippen LogP contribution in [0.4, 0.5) is 5.13 Å². The van der Waals surface area contributed by atoms with Crippen molar-refractivity contribution >= 4 is 44.0 Å². The van der Waals surface area contributed by atoms with Crippen molar-refractivity contribution in [1.29, 1.82) is 0 Å². The van der Waals surface area contributed by atoms with Crippen molar-refractivity contribution < 1.29 is 13.2 Å². The second kappa shape index (κ2) is 9.00. The molecular weight excluding hydrogens is 432 g/mol. The number of hydrogen-bond acceptors (Lipinski definition) is 6. The average Bonchev–Trinajstić information content (AvgIpc) is 3.18. The van der Waals surface area contributed by atoms with Gasteiger partial charge < -0.3 is 0 Å². The fourth-order valence-electron chi connectivity index (χ4n) is 2.70. The van der Waals surface area contributed by atoms with E-state index in [-0.39, 0.29) is 15.5 Å². The van der Waals surface area contributed by atoms with Gasteiger partial charge in [0.2, 0.25) is 10.0 Å². The molecule has 10 heteroatoms. The molecule has 0 radical (unpaired) electrons. The van der Waals surface area contributed by atoms with E-state index in [4.69, 9.17) is 11.6 Å². The molecule has 2 heterocycles. The Morgan fingerprint density at radius 3 is 2.52 bits per heavy atom. The molecule has 0 saturated carbocycles. The standard InChI is InChI=1S/C19H19ClN4O3S2/c1-3-24(4-2)29(26,27)14-5-6-16(20)15(11-14)18(25)23-19-22-17(12-28-19)13-7-9-21-10-8-13/h5-12H,3-4H2,1-2H3,(H,22,23,25).